The topological polar surface area (TPSA) is 0 Å². The third kappa shape index (κ3) is 87.9. The first-order valence-electron chi connectivity index (χ1n) is 7.25. The molecule has 0 atom stereocenters. The quantitative estimate of drug-likeness (QED) is 0.521. The number of hydrogen-bond acceptors (Lipinski definition) is 0. The Kier molecular flexibility index (Phi) is 31.1. The third-order valence-corrected chi connectivity index (χ3v) is 1.56. The fourth-order valence-electron chi connectivity index (χ4n) is 0.934. The molecule has 0 aliphatic heterocycles. The summed E-state index contributed by atoms with van der Waals surface area (Å²) in [5, 5.41) is 0. The molecule has 0 saturated heterocycles. The van der Waals surface area contributed by atoms with Crippen LogP contribution in [0.1, 0.15) is 74.7 Å². The van der Waals surface area contributed by atoms with Crippen LogP contribution >= 0.6 is 0 Å². The van der Waals surface area contributed by atoms with Crippen molar-refractivity contribution in [2.45, 2.75) is 74.7 Å². The maximum Gasteiger partial charge on any atom is 0 e. The van der Waals surface area contributed by atoms with Crippen molar-refractivity contribution in [1.82, 2.24) is 0 Å². The van der Waals surface area contributed by atoms with Gasteiger partial charge in [0.1, 0.15) is 0 Å². The van der Waals surface area contributed by atoms with Gasteiger partial charge in [-0.05, 0) is 11.8 Å². The summed E-state index contributed by atoms with van der Waals surface area (Å²) in [4.78, 5) is 0. The molecule has 0 saturated carbocycles. The van der Waals surface area contributed by atoms with Crippen molar-refractivity contribution < 1.29 is 32.7 Å². The monoisotopic (exact) mass is 331 g/mol. The summed E-state index contributed by atoms with van der Waals surface area (Å²) in [7, 11) is 0. The molecular weight excluding hydrogens is 293 g/mol. The summed E-state index contributed by atoms with van der Waals surface area (Å²) in [6, 6.07) is 0. The van der Waals surface area contributed by atoms with E-state index in [4.69, 9.17) is 0 Å². The van der Waals surface area contributed by atoms with Crippen LogP contribution in [-0.4, -0.2) is 0 Å². The van der Waals surface area contributed by atoms with Crippen LogP contribution in [0.2, 0.25) is 0 Å². The summed E-state index contributed by atoms with van der Waals surface area (Å²) in [6.45, 7) is 24.7. The van der Waals surface area contributed by atoms with Crippen molar-refractivity contribution >= 4 is 0 Å². The third-order valence-electron chi connectivity index (χ3n) is 1.56. The summed E-state index contributed by atoms with van der Waals surface area (Å²) in [5.41, 5.74) is 0. The van der Waals surface area contributed by atoms with Gasteiger partial charge in [-0.2, -0.15) is 11.8 Å². The molecule has 0 aliphatic carbocycles. The first kappa shape index (κ1) is 27.4. The second-order valence-corrected chi connectivity index (χ2v) is 6.51. The molecule has 0 bridgehead atoms. The molecule has 1 heteroatoms. The molecule has 111 valence electrons. The van der Waals surface area contributed by atoms with E-state index in [1.54, 1.807) is 0 Å². The van der Waals surface area contributed by atoms with Crippen molar-refractivity contribution in [3.8, 4) is 0 Å². The first-order chi connectivity index (χ1) is 7.59. The Balaban J connectivity index is -0.0000000922. The molecule has 0 spiro atoms. The Hall–Kier alpha value is 1.10. The van der Waals surface area contributed by atoms with Crippen LogP contribution in [0, 0.1) is 37.5 Å². The summed E-state index contributed by atoms with van der Waals surface area (Å²) in [5.74, 6) is 2.95. The van der Waals surface area contributed by atoms with Gasteiger partial charge in [0.05, 0.1) is 0 Å². The molecule has 0 unspecified atom stereocenters. The van der Waals surface area contributed by atoms with Crippen molar-refractivity contribution in [2.24, 2.45) is 23.7 Å². The zero-order valence-corrected chi connectivity index (χ0v) is 17.3. The standard InChI is InChI=1S/C9H20.2C4H9.Y/c1-8(2)6-5-7-9(3)4;2*1-4(2)3;/h8-9H,5-7H2,1-4H3;2*4H,1H2,2-3H3;/q;2*-1;. The zero-order valence-electron chi connectivity index (χ0n) is 14.4. The van der Waals surface area contributed by atoms with Gasteiger partial charge in [0, 0.05) is 32.7 Å². The molecule has 0 amide bonds. The molecule has 0 aromatic rings. The number of rotatable bonds is 4. The molecule has 0 N–H and O–H groups in total. The fraction of sp³-hybridized carbons (Fsp3) is 0.882. The Morgan fingerprint density at radius 1 is 0.611 bits per heavy atom. The van der Waals surface area contributed by atoms with Crippen LogP contribution in [0.15, 0.2) is 0 Å². The molecule has 0 aromatic heterocycles. The minimum Gasteiger partial charge on any atom is -0.341 e. The van der Waals surface area contributed by atoms with Crippen LogP contribution in [0.3, 0.4) is 0 Å². The van der Waals surface area contributed by atoms with Gasteiger partial charge in [-0.15, -0.1) is 0 Å². The molecule has 0 rings (SSSR count). The van der Waals surface area contributed by atoms with Crippen LogP contribution in [0.25, 0.3) is 0 Å². The minimum absolute atomic E-state index is 0. The van der Waals surface area contributed by atoms with Gasteiger partial charge in [0.25, 0.3) is 0 Å². The summed E-state index contributed by atoms with van der Waals surface area (Å²) >= 11 is 0. The van der Waals surface area contributed by atoms with Gasteiger partial charge >= 0.3 is 0 Å². The molecule has 0 fully saturated rings. The van der Waals surface area contributed by atoms with Gasteiger partial charge in [-0.3, -0.25) is 0 Å². The van der Waals surface area contributed by atoms with Gasteiger partial charge < -0.3 is 13.8 Å². The van der Waals surface area contributed by atoms with Crippen LogP contribution in [-0.2, 0) is 32.7 Å². The molecule has 0 heterocycles. The van der Waals surface area contributed by atoms with Crippen LogP contribution < -0.4 is 0 Å². The second-order valence-electron chi connectivity index (χ2n) is 6.51. The fourth-order valence-corrected chi connectivity index (χ4v) is 0.934. The van der Waals surface area contributed by atoms with E-state index in [1.165, 1.54) is 19.3 Å². The maximum atomic E-state index is 3.64. The van der Waals surface area contributed by atoms with E-state index in [2.05, 4.69) is 69.2 Å². The first-order valence-corrected chi connectivity index (χ1v) is 7.25. The minimum atomic E-state index is 0. The molecule has 0 aliphatic rings. The van der Waals surface area contributed by atoms with Gasteiger partial charge in [0.15, 0.2) is 0 Å². The zero-order chi connectivity index (χ0) is 14.4. The van der Waals surface area contributed by atoms with Gasteiger partial charge in [0.2, 0.25) is 0 Å². The average Bonchev–Trinajstić information content (AvgIpc) is 1.99. The van der Waals surface area contributed by atoms with Crippen molar-refractivity contribution in [1.29, 1.82) is 0 Å². The normalized spacial score (nSPS) is 9.67. The molecule has 18 heavy (non-hydrogen) atoms. The Morgan fingerprint density at radius 2 is 0.778 bits per heavy atom. The predicted octanol–water partition coefficient (Wildman–Crippen LogP) is 6.42. The predicted molar refractivity (Wildman–Crippen MR) is 83.9 cm³/mol. The largest absolute Gasteiger partial charge is 0.341 e. The Labute approximate surface area is 144 Å². The van der Waals surface area contributed by atoms with E-state index in [0.29, 0.717) is 11.8 Å². The average molecular weight is 331 g/mol. The Bertz CT molecular complexity index is 95.3. The van der Waals surface area contributed by atoms with Gasteiger partial charge in [-0.1, -0.05) is 74.7 Å². The van der Waals surface area contributed by atoms with Gasteiger partial charge in [-0.25, -0.2) is 0 Å². The molecular formula is C17H38Y-2. The van der Waals surface area contributed by atoms with E-state index in [-0.39, 0.29) is 32.7 Å². The maximum absolute atomic E-state index is 3.64. The molecule has 1 radical (unpaired) electrons. The Morgan fingerprint density at radius 3 is 0.889 bits per heavy atom. The second kappa shape index (κ2) is 20.4. The van der Waals surface area contributed by atoms with Crippen molar-refractivity contribution in [3.63, 3.8) is 0 Å². The molecule has 0 aromatic carbocycles. The summed E-state index contributed by atoms with van der Waals surface area (Å²) in [6.07, 6.45) is 4.21. The van der Waals surface area contributed by atoms with E-state index >= 15 is 0 Å². The summed E-state index contributed by atoms with van der Waals surface area (Å²) < 4.78 is 0. The van der Waals surface area contributed by atoms with E-state index in [1.807, 2.05) is 0 Å². The van der Waals surface area contributed by atoms with Crippen LogP contribution in [0.4, 0.5) is 0 Å². The number of hydrogen-bond donors (Lipinski definition) is 0. The van der Waals surface area contributed by atoms with Crippen LogP contribution in [0.5, 0.6) is 0 Å². The van der Waals surface area contributed by atoms with E-state index in [9.17, 15) is 0 Å². The van der Waals surface area contributed by atoms with Crippen molar-refractivity contribution in [2.75, 3.05) is 0 Å². The van der Waals surface area contributed by atoms with E-state index < -0.39 is 0 Å². The smallest absolute Gasteiger partial charge is 0 e. The SMILES string of the molecule is CC(C)CCCC(C)C.[CH2-]C(C)C.[CH2-]C(C)C.[Y]. The molecule has 0 nitrogen and oxygen atoms in total. The van der Waals surface area contributed by atoms with E-state index in [0.717, 1.165) is 11.8 Å². The van der Waals surface area contributed by atoms with Crippen molar-refractivity contribution in [3.05, 3.63) is 13.8 Å².